The number of nitrogens with zero attached hydrogens (tertiary/aromatic N) is 1. The Morgan fingerprint density at radius 3 is 2.00 bits per heavy atom. The van der Waals surface area contributed by atoms with E-state index >= 15 is 0 Å². The van der Waals surface area contributed by atoms with Gasteiger partial charge in [-0.2, -0.15) is 4.31 Å². The van der Waals surface area contributed by atoms with E-state index in [4.69, 9.17) is 0 Å². The molecule has 0 radical (unpaired) electrons. The smallest absolute Gasteiger partial charge is 0.309 e. The van der Waals surface area contributed by atoms with Gasteiger partial charge in [0.2, 0.25) is 10.0 Å². The van der Waals surface area contributed by atoms with E-state index in [9.17, 15) is 18.3 Å². The van der Waals surface area contributed by atoms with Crippen LogP contribution in [0.5, 0.6) is 0 Å². The quantitative estimate of drug-likeness (QED) is 0.456. The van der Waals surface area contributed by atoms with Crippen LogP contribution in [-0.2, 0) is 14.8 Å². The molecule has 0 aliphatic carbocycles. The second-order valence-electron chi connectivity index (χ2n) is 8.74. The summed E-state index contributed by atoms with van der Waals surface area (Å²) >= 11 is 1.45. The minimum atomic E-state index is -3.96. The number of hydrogen-bond acceptors (Lipinski definition) is 4. The Bertz CT molecular complexity index is 1240. The number of rotatable bonds is 7. The van der Waals surface area contributed by atoms with Crippen LogP contribution >= 0.6 is 11.8 Å². The van der Waals surface area contributed by atoms with Crippen LogP contribution in [0.25, 0.3) is 0 Å². The third-order valence-electron chi connectivity index (χ3n) is 6.41. The van der Waals surface area contributed by atoms with Crippen molar-refractivity contribution in [1.82, 2.24) is 4.31 Å². The summed E-state index contributed by atoms with van der Waals surface area (Å²) in [5.41, 5.74) is 2.69. The highest BCUT2D eigenvalue weighted by Gasteiger charge is 2.56. The molecular weight excluding hydrogens is 466 g/mol. The van der Waals surface area contributed by atoms with E-state index in [1.807, 2.05) is 75.4 Å². The zero-order valence-corrected chi connectivity index (χ0v) is 21.1. The van der Waals surface area contributed by atoms with Crippen molar-refractivity contribution < 1.29 is 18.3 Å². The average Bonchev–Trinajstić information content (AvgIpc) is 3.15. The van der Waals surface area contributed by atoms with E-state index in [-0.39, 0.29) is 4.90 Å². The first-order chi connectivity index (χ1) is 16.2. The zero-order chi connectivity index (χ0) is 24.5. The number of carbonyl (C=O) groups is 1. The molecule has 0 bridgehead atoms. The normalized spacial score (nSPS) is 23.1. The van der Waals surface area contributed by atoms with Crippen LogP contribution in [0.1, 0.15) is 36.1 Å². The summed E-state index contributed by atoms with van der Waals surface area (Å²) in [4.78, 5) is 13.8. The Kier molecular flexibility index (Phi) is 7.17. The molecule has 4 atom stereocenters. The molecule has 1 aliphatic heterocycles. The number of aryl methyl sites for hydroxylation is 2. The van der Waals surface area contributed by atoms with Gasteiger partial charge in [-0.1, -0.05) is 72.6 Å². The van der Waals surface area contributed by atoms with Crippen molar-refractivity contribution in [1.29, 1.82) is 0 Å². The molecule has 1 fully saturated rings. The first-order valence-corrected chi connectivity index (χ1v) is 13.7. The Labute approximate surface area is 205 Å². The molecule has 2 unspecified atom stereocenters. The van der Waals surface area contributed by atoms with E-state index in [1.165, 1.54) is 16.1 Å². The third kappa shape index (κ3) is 4.65. The van der Waals surface area contributed by atoms with Crippen LogP contribution < -0.4 is 0 Å². The van der Waals surface area contributed by atoms with Gasteiger partial charge in [0.1, 0.15) is 0 Å². The fraction of sp³-hybridized carbons (Fsp3) is 0.296. The Balaban J connectivity index is 1.90. The van der Waals surface area contributed by atoms with Crippen molar-refractivity contribution in [3.05, 3.63) is 95.6 Å². The molecule has 5 nitrogen and oxygen atoms in total. The van der Waals surface area contributed by atoms with Gasteiger partial charge < -0.3 is 5.11 Å². The largest absolute Gasteiger partial charge is 0.481 e. The van der Waals surface area contributed by atoms with Crippen LogP contribution in [0.15, 0.2) is 88.7 Å². The first-order valence-electron chi connectivity index (χ1n) is 11.4. The van der Waals surface area contributed by atoms with Crippen molar-refractivity contribution in [2.24, 2.45) is 5.92 Å². The fourth-order valence-electron chi connectivity index (χ4n) is 4.70. The maximum Gasteiger partial charge on any atom is 0.309 e. The predicted molar refractivity (Wildman–Crippen MR) is 135 cm³/mol. The second kappa shape index (κ2) is 9.94. The van der Waals surface area contributed by atoms with Gasteiger partial charge in [0.05, 0.1) is 16.9 Å². The molecule has 1 saturated heterocycles. The summed E-state index contributed by atoms with van der Waals surface area (Å²) in [7, 11) is -3.96. The van der Waals surface area contributed by atoms with Crippen LogP contribution in [0.3, 0.4) is 0 Å². The minimum Gasteiger partial charge on any atom is -0.481 e. The van der Waals surface area contributed by atoms with E-state index in [2.05, 4.69) is 0 Å². The average molecular weight is 496 g/mol. The highest BCUT2D eigenvalue weighted by atomic mass is 32.2. The van der Waals surface area contributed by atoms with Gasteiger partial charge in [-0.15, -0.1) is 11.8 Å². The highest BCUT2D eigenvalue weighted by Crippen LogP contribution is 2.51. The summed E-state index contributed by atoms with van der Waals surface area (Å²) in [5.74, 6) is -1.89. The topological polar surface area (TPSA) is 74.7 Å². The highest BCUT2D eigenvalue weighted by molar-refractivity contribution is 8.00. The molecule has 0 aromatic heterocycles. The predicted octanol–water partition coefficient (Wildman–Crippen LogP) is 5.69. The maximum atomic E-state index is 14.1. The number of benzene rings is 3. The van der Waals surface area contributed by atoms with Crippen molar-refractivity contribution in [3.8, 4) is 0 Å². The van der Waals surface area contributed by atoms with Crippen molar-refractivity contribution >= 4 is 27.8 Å². The van der Waals surface area contributed by atoms with Gasteiger partial charge in [0, 0.05) is 16.2 Å². The molecule has 3 aromatic rings. The van der Waals surface area contributed by atoms with E-state index < -0.39 is 39.2 Å². The fourth-order valence-corrected chi connectivity index (χ4v) is 8.21. The second-order valence-corrected chi connectivity index (χ2v) is 11.8. The molecule has 1 N–H and O–H groups in total. The van der Waals surface area contributed by atoms with Gasteiger partial charge in [-0.3, -0.25) is 4.79 Å². The van der Waals surface area contributed by atoms with Gasteiger partial charge in [0.15, 0.2) is 0 Å². The van der Waals surface area contributed by atoms with Crippen molar-refractivity contribution in [3.63, 3.8) is 0 Å². The zero-order valence-electron chi connectivity index (χ0n) is 19.5. The molecule has 178 valence electrons. The van der Waals surface area contributed by atoms with Crippen molar-refractivity contribution in [2.75, 3.05) is 0 Å². The summed E-state index contributed by atoms with van der Waals surface area (Å²) in [5, 5.41) is 9.97. The van der Waals surface area contributed by atoms with Gasteiger partial charge in [-0.05, 0) is 50.1 Å². The lowest BCUT2D eigenvalue weighted by Gasteiger charge is -2.30. The number of carboxylic acids is 1. The number of aliphatic carboxylic acids is 1. The van der Waals surface area contributed by atoms with E-state index in [1.54, 1.807) is 24.3 Å². The van der Waals surface area contributed by atoms with Crippen LogP contribution in [0, 0.1) is 19.8 Å². The monoisotopic (exact) mass is 495 g/mol. The maximum absolute atomic E-state index is 14.1. The summed E-state index contributed by atoms with van der Waals surface area (Å²) in [6.45, 7) is 5.79. The lowest BCUT2D eigenvalue weighted by molar-refractivity contribution is -0.142. The SMILES string of the molecule is CC[C@@H]1C(Sc2ccccc2)C(C(=O)O)[C@H](c2ccc(C)cc2)N1S(=O)(=O)c1ccc(C)cc1. The molecule has 4 rings (SSSR count). The van der Waals surface area contributed by atoms with Gasteiger partial charge in [-0.25, -0.2) is 8.42 Å². The lowest BCUT2D eigenvalue weighted by Crippen LogP contribution is -2.39. The Morgan fingerprint density at radius 1 is 0.912 bits per heavy atom. The van der Waals surface area contributed by atoms with Crippen LogP contribution in [0.2, 0.25) is 0 Å². The summed E-state index contributed by atoms with van der Waals surface area (Å²) in [6.07, 6.45) is 0.502. The Hall–Kier alpha value is -2.61. The van der Waals surface area contributed by atoms with E-state index in [0.717, 1.165) is 16.0 Å². The number of sulfonamides is 1. The summed E-state index contributed by atoms with van der Waals surface area (Å²) in [6, 6.07) is 22.6. The standard InChI is InChI=1S/C27H29NO4S2/c1-4-23-26(33-21-8-6-5-7-9-21)24(27(29)30)25(20-14-10-18(2)11-15-20)28(23)34(31,32)22-16-12-19(3)13-17-22/h5-17,23-26H,4H2,1-3H3,(H,29,30)/t23-,24?,25+,26?/m1/s1. The minimum absolute atomic E-state index is 0.183. The molecule has 3 aromatic carbocycles. The first kappa shape index (κ1) is 24.5. The molecule has 1 aliphatic rings. The number of hydrogen-bond donors (Lipinski definition) is 1. The van der Waals surface area contributed by atoms with Crippen LogP contribution in [-0.4, -0.2) is 35.1 Å². The van der Waals surface area contributed by atoms with Crippen LogP contribution in [0.4, 0.5) is 0 Å². The molecule has 7 heteroatoms. The van der Waals surface area contributed by atoms with Crippen molar-refractivity contribution in [2.45, 2.75) is 54.3 Å². The Morgan fingerprint density at radius 2 is 1.47 bits per heavy atom. The summed E-state index contributed by atoms with van der Waals surface area (Å²) < 4.78 is 29.6. The third-order valence-corrected chi connectivity index (χ3v) is 9.75. The molecule has 0 saturated carbocycles. The lowest BCUT2D eigenvalue weighted by atomic mass is 9.92. The number of carboxylic acid groups (broad SMARTS) is 1. The van der Waals surface area contributed by atoms with Gasteiger partial charge in [0.25, 0.3) is 0 Å². The van der Waals surface area contributed by atoms with Gasteiger partial charge >= 0.3 is 5.97 Å². The molecule has 34 heavy (non-hydrogen) atoms. The molecule has 0 spiro atoms. The number of thioether (sulfide) groups is 1. The van der Waals surface area contributed by atoms with E-state index in [0.29, 0.717) is 12.0 Å². The molecular formula is C27H29NO4S2. The molecule has 0 amide bonds. The molecule has 1 heterocycles.